The Morgan fingerprint density at radius 2 is 1.41 bits per heavy atom. The van der Waals surface area contributed by atoms with Crippen LogP contribution in [0.15, 0.2) is 108 Å². The fraction of sp³-hybridized carbons (Fsp3) is 0.316. The summed E-state index contributed by atoms with van der Waals surface area (Å²) in [5.41, 5.74) is 5.17. The summed E-state index contributed by atoms with van der Waals surface area (Å²) in [7, 11) is -4.13. The second-order valence-corrected chi connectivity index (χ2v) is 14.2. The molecular formula is C38H43N3O4S. The second kappa shape index (κ2) is 14.8. The molecule has 1 fully saturated rings. The van der Waals surface area contributed by atoms with E-state index in [1.165, 1.54) is 16.4 Å². The van der Waals surface area contributed by atoms with Gasteiger partial charge in [0.05, 0.1) is 10.6 Å². The highest BCUT2D eigenvalue weighted by Gasteiger charge is 2.35. The molecular weight excluding hydrogens is 595 g/mol. The number of anilines is 1. The zero-order valence-corrected chi connectivity index (χ0v) is 27.7. The van der Waals surface area contributed by atoms with Crippen molar-refractivity contribution >= 4 is 27.5 Å². The van der Waals surface area contributed by atoms with E-state index in [0.717, 1.165) is 53.5 Å². The van der Waals surface area contributed by atoms with Gasteiger partial charge in [-0.25, -0.2) is 8.42 Å². The topological polar surface area (TPSA) is 86.8 Å². The van der Waals surface area contributed by atoms with Crippen LogP contribution in [0.4, 0.5) is 5.69 Å². The van der Waals surface area contributed by atoms with Crippen molar-refractivity contribution in [3.63, 3.8) is 0 Å². The lowest BCUT2D eigenvalue weighted by molar-refractivity contribution is -0.140. The van der Waals surface area contributed by atoms with Crippen LogP contribution in [0.2, 0.25) is 0 Å². The summed E-state index contributed by atoms with van der Waals surface area (Å²) in [4.78, 5) is 30.4. The molecule has 1 aliphatic carbocycles. The molecule has 46 heavy (non-hydrogen) atoms. The highest BCUT2D eigenvalue weighted by molar-refractivity contribution is 7.92. The normalized spacial score (nSPS) is 14.1. The predicted molar refractivity (Wildman–Crippen MR) is 183 cm³/mol. The summed E-state index contributed by atoms with van der Waals surface area (Å²) < 4.78 is 29.5. The first kappa shape index (κ1) is 32.9. The zero-order chi connectivity index (χ0) is 32.7. The Bertz CT molecular complexity index is 1740. The molecule has 1 saturated carbocycles. The molecule has 0 bridgehead atoms. The minimum Gasteiger partial charge on any atom is -0.352 e. The third kappa shape index (κ3) is 8.04. The van der Waals surface area contributed by atoms with Crippen LogP contribution in [-0.2, 0) is 32.6 Å². The molecule has 4 aromatic carbocycles. The van der Waals surface area contributed by atoms with E-state index in [2.05, 4.69) is 5.32 Å². The molecule has 0 radical (unpaired) electrons. The van der Waals surface area contributed by atoms with Crippen molar-refractivity contribution in [3.8, 4) is 0 Å². The maximum Gasteiger partial charge on any atom is 0.264 e. The van der Waals surface area contributed by atoms with Crippen molar-refractivity contribution in [1.82, 2.24) is 10.2 Å². The van der Waals surface area contributed by atoms with Crippen LogP contribution in [0.3, 0.4) is 0 Å². The fourth-order valence-electron chi connectivity index (χ4n) is 5.94. The number of carbonyl (C=O) groups excluding carboxylic acids is 2. The lowest BCUT2D eigenvalue weighted by Gasteiger charge is -2.34. The Kier molecular flexibility index (Phi) is 10.6. The van der Waals surface area contributed by atoms with Crippen molar-refractivity contribution in [2.24, 2.45) is 0 Å². The number of sulfonamides is 1. The van der Waals surface area contributed by atoms with Crippen LogP contribution >= 0.6 is 0 Å². The van der Waals surface area contributed by atoms with Gasteiger partial charge in [-0.3, -0.25) is 13.9 Å². The SMILES string of the molecule is Cc1ccc(CN(C(=O)CN(c2ccc(C)c(C)c2)S(=O)(=O)c2ccccc2)[C@@H](Cc2ccccc2)C(=O)NC2CCCC2)cc1. The van der Waals surface area contributed by atoms with Gasteiger partial charge in [-0.2, -0.15) is 0 Å². The first-order chi connectivity index (χ1) is 22.1. The van der Waals surface area contributed by atoms with Crippen molar-refractivity contribution < 1.29 is 18.0 Å². The van der Waals surface area contributed by atoms with E-state index in [0.29, 0.717) is 12.1 Å². The van der Waals surface area contributed by atoms with Gasteiger partial charge in [0.15, 0.2) is 0 Å². The van der Waals surface area contributed by atoms with Gasteiger partial charge in [-0.1, -0.05) is 97.3 Å². The first-order valence-electron chi connectivity index (χ1n) is 16.0. The predicted octanol–water partition coefficient (Wildman–Crippen LogP) is 6.51. The average molecular weight is 638 g/mol. The molecule has 0 unspecified atom stereocenters. The lowest BCUT2D eigenvalue weighted by atomic mass is 10.0. The van der Waals surface area contributed by atoms with Gasteiger partial charge < -0.3 is 10.2 Å². The summed E-state index contributed by atoms with van der Waals surface area (Å²) in [6.07, 6.45) is 4.23. The number of carbonyl (C=O) groups is 2. The van der Waals surface area contributed by atoms with E-state index in [1.54, 1.807) is 35.2 Å². The standard InChI is InChI=1S/C38H43N3O4S/c1-28-18-21-32(22-19-28)26-40(36(25-31-12-6-4-7-13-31)38(43)39-33-14-10-11-15-33)37(42)27-41(34-23-20-29(2)30(3)24-34)46(44,45)35-16-8-5-9-17-35/h4-9,12-13,16-24,33,36H,10-11,14-15,25-27H2,1-3H3,(H,39,43)/t36-/m0/s1. The zero-order valence-electron chi connectivity index (χ0n) is 26.9. The van der Waals surface area contributed by atoms with Crippen molar-refractivity contribution in [2.75, 3.05) is 10.8 Å². The highest BCUT2D eigenvalue weighted by Crippen LogP contribution is 2.27. The molecule has 0 saturated heterocycles. The molecule has 5 rings (SSSR count). The quantitative estimate of drug-likeness (QED) is 0.192. The molecule has 8 heteroatoms. The largest absolute Gasteiger partial charge is 0.352 e. The van der Waals surface area contributed by atoms with Gasteiger partial charge in [-0.05, 0) is 80.1 Å². The van der Waals surface area contributed by atoms with E-state index < -0.39 is 28.5 Å². The molecule has 0 heterocycles. The lowest BCUT2D eigenvalue weighted by Crippen LogP contribution is -2.54. The summed E-state index contributed by atoms with van der Waals surface area (Å²) in [5.74, 6) is -0.680. The molecule has 0 spiro atoms. The van der Waals surface area contributed by atoms with Gasteiger partial charge in [0.25, 0.3) is 10.0 Å². The summed E-state index contributed by atoms with van der Waals surface area (Å²) in [6.45, 7) is 5.56. The van der Waals surface area contributed by atoms with Crippen LogP contribution in [0, 0.1) is 20.8 Å². The van der Waals surface area contributed by atoms with Crippen LogP contribution in [0.1, 0.15) is 53.5 Å². The third-order valence-electron chi connectivity index (χ3n) is 8.83. The smallest absolute Gasteiger partial charge is 0.264 e. The number of benzene rings is 4. The van der Waals surface area contributed by atoms with Gasteiger partial charge in [0.2, 0.25) is 11.8 Å². The fourth-order valence-corrected chi connectivity index (χ4v) is 7.37. The molecule has 1 atom stereocenters. The van der Waals surface area contributed by atoms with E-state index in [4.69, 9.17) is 0 Å². The number of hydrogen-bond acceptors (Lipinski definition) is 4. The van der Waals surface area contributed by atoms with Crippen molar-refractivity contribution in [2.45, 2.75) is 76.4 Å². The number of aryl methyl sites for hydroxylation is 3. The van der Waals surface area contributed by atoms with Gasteiger partial charge >= 0.3 is 0 Å². The Hall–Kier alpha value is -4.43. The second-order valence-electron chi connectivity index (χ2n) is 12.3. The van der Waals surface area contributed by atoms with Gasteiger partial charge in [0, 0.05) is 19.0 Å². The van der Waals surface area contributed by atoms with Crippen LogP contribution in [0.5, 0.6) is 0 Å². The average Bonchev–Trinajstić information content (AvgIpc) is 3.57. The molecule has 7 nitrogen and oxygen atoms in total. The minimum atomic E-state index is -4.13. The number of nitrogens with one attached hydrogen (secondary N) is 1. The maximum absolute atomic E-state index is 14.6. The first-order valence-corrected chi connectivity index (χ1v) is 17.4. The van der Waals surface area contributed by atoms with Gasteiger partial charge in [0.1, 0.15) is 12.6 Å². The molecule has 1 aliphatic rings. The Morgan fingerprint density at radius 1 is 0.783 bits per heavy atom. The number of nitrogens with zero attached hydrogens (tertiary/aromatic N) is 2. The van der Waals surface area contributed by atoms with Crippen molar-refractivity contribution in [3.05, 3.63) is 131 Å². The third-order valence-corrected chi connectivity index (χ3v) is 10.6. The molecule has 2 amide bonds. The number of rotatable bonds is 12. The molecule has 4 aromatic rings. The van der Waals surface area contributed by atoms with E-state index in [-0.39, 0.29) is 23.4 Å². The summed E-state index contributed by atoms with van der Waals surface area (Å²) in [6, 6.07) is 30.3. The van der Waals surface area contributed by atoms with Crippen LogP contribution in [0.25, 0.3) is 0 Å². The summed E-state index contributed by atoms with van der Waals surface area (Å²) in [5, 5.41) is 3.22. The number of hydrogen-bond donors (Lipinski definition) is 1. The maximum atomic E-state index is 14.6. The van der Waals surface area contributed by atoms with Crippen LogP contribution < -0.4 is 9.62 Å². The Labute approximate surface area is 273 Å². The Balaban J connectivity index is 1.57. The van der Waals surface area contributed by atoms with Gasteiger partial charge in [-0.15, -0.1) is 0 Å². The van der Waals surface area contributed by atoms with Crippen molar-refractivity contribution in [1.29, 1.82) is 0 Å². The van der Waals surface area contributed by atoms with E-state index in [1.807, 2.05) is 81.4 Å². The molecule has 1 N–H and O–H groups in total. The molecule has 240 valence electrons. The van der Waals surface area contributed by atoms with Crippen LogP contribution in [-0.4, -0.2) is 43.8 Å². The highest BCUT2D eigenvalue weighted by atomic mass is 32.2. The number of amides is 2. The molecule has 0 aliphatic heterocycles. The van der Waals surface area contributed by atoms with E-state index >= 15 is 0 Å². The Morgan fingerprint density at radius 3 is 2.04 bits per heavy atom. The monoisotopic (exact) mass is 637 g/mol. The summed E-state index contributed by atoms with van der Waals surface area (Å²) >= 11 is 0. The minimum absolute atomic E-state index is 0.0626. The molecule has 0 aromatic heterocycles. The van der Waals surface area contributed by atoms with E-state index in [9.17, 15) is 18.0 Å².